The highest BCUT2D eigenvalue weighted by Crippen LogP contribution is 2.30. The SMILES string of the molecule is CC(C)(N)CC(=O)NC(C)(C)C(C)(C)C(=O)O. The van der Waals surface area contributed by atoms with Gasteiger partial charge in [0.25, 0.3) is 0 Å². The average Bonchev–Trinajstić information content (AvgIpc) is 1.97. The molecule has 0 aromatic rings. The van der Waals surface area contributed by atoms with Gasteiger partial charge in [0, 0.05) is 17.5 Å². The molecule has 0 aliphatic carbocycles. The zero-order chi connectivity index (χ0) is 14.1. The minimum absolute atomic E-state index is 0.159. The summed E-state index contributed by atoms with van der Waals surface area (Å²) >= 11 is 0. The van der Waals surface area contributed by atoms with E-state index < -0.39 is 22.5 Å². The lowest BCUT2D eigenvalue weighted by Gasteiger charge is -2.39. The van der Waals surface area contributed by atoms with Crippen molar-refractivity contribution < 1.29 is 14.7 Å². The van der Waals surface area contributed by atoms with Crippen LogP contribution in [0.25, 0.3) is 0 Å². The zero-order valence-corrected chi connectivity index (χ0v) is 11.5. The summed E-state index contributed by atoms with van der Waals surface area (Å²) in [7, 11) is 0. The standard InChI is InChI=1S/C12H24N2O3/c1-10(2,13)7-8(15)14-12(5,6)11(3,4)9(16)17/h7,13H2,1-6H3,(H,14,15)(H,16,17). The first-order valence-corrected chi connectivity index (χ1v) is 5.63. The second kappa shape index (κ2) is 4.64. The molecule has 0 radical (unpaired) electrons. The fourth-order valence-electron chi connectivity index (χ4n) is 1.23. The predicted molar refractivity (Wildman–Crippen MR) is 66.5 cm³/mol. The van der Waals surface area contributed by atoms with E-state index in [1.54, 1.807) is 41.5 Å². The van der Waals surface area contributed by atoms with Crippen LogP contribution >= 0.6 is 0 Å². The third-order valence-electron chi connectivity index (χ3n) is 3.17. The van der Waals surface area contributed by atoms with Crippen LogP contribution in [0.2, 0.25) is 0 Å². The summed E-state index contributed by atoms with van der Waals surface area (Å²) in [5, 5.41) is 11.9. The van der Waals surface area contributed by atoms with Gasteiger partial charge in [0.1, 0.15) is 0 Å². The Balaban J connectivity index is 4.78. The van der Waals surface area contributed by atoms with Gasteiger partial charge in [0.05, 0.1) is 5.41 Å². The molecule has 5 heteroatoms. The summed E-state index contributed by atoms with van der Waals surface area (Å²) in [5.74, 6) is -1.19. The topological polar surface area (TPSA) is 92.4 Å². The molecule has 0 saturated heterocycles. The Bertz CT molecular complexity index is 314. The number of amides is 1. The van der Waals surface area contributed by atoms with Gasteiger partial charge in [-0.1, -0.05) is 0 Å². The lowest BCUT2D eigenvalue weighted by molar-refractivity contribution is -0.151. The number of carbonyl (C=O) groups excluding carboxylic acids is 1. The number of nitrogens with two attached hydrogens (primary N) is 1. The van der Waals surface area contributed by atoms with Gasteiger partial charge >= 0.3 is 5.97 Å². The lowest BCUT2D eigenvalue weighted by Crippen LogP contribution is -2.58. The second-order valence-corrected chi connectivity index (χ2v) is 6.27. The lowest BCUT2D eigenvalue weighted by atomic mass is 9.74. The Morgan fingerprint density at radius 2 is 1.53 bits per heavy atom. The predicted octanol–water partition coefficient (Wildman–Crippen LogP) is 1.12. The summed E-state index contributed by atoms with van der Waals surface area (Å²) in [6, 6.07) is 0. The first-order chi connectivity index (χ1) is 7.29. The number of carboxylic acids is 1. The van der Waals surface area contributed by atoms with E-state index in [-0.39, 0.29) is 12.3 Å². The van der Waals surface area contributed by atoms with Crippen LogP contribution in [0.1, 0.15) is 48.0 Å². The Kier molecular flexibility index (Phi) is 4.34. The number of hydrogen-bond donors (Lipinski definition) is 3. The maximum atomic E-state index is 11.8. The molecule has 0 aliphatic rings. The van der Waals surface area contributed by atoms with Crippen LogP contribution < -0.4 is 11.1 Å². The van der Waals surface area contributed by atoms with Crippen LogP contribution in [0.5, 0.6) is 0 Å². The second-order valence-electron chi connectivity index (χ2n) is 6.27. The summed E-state index contributed by atoms with van der Waals surface area (Å²) < 4.78 is 0. The van der Waals surface area contributed by atoms with E-state index in [4.69, 9.17) is 10.8 Å². The Labute approximate surface area is 103 Å². The van der Waals surface area contributed by atoms with Crippen molar-refractivity contribution in [2.75, 3.05) is 0 Å². The van der Waals surface area contributed by atoms with Crippen molar-refractivity contribution in [3.63, 3.8) is 0 Å². The smallest absolute Gasteiger partial charge is 0.311 e. The fraction of sp³-hybridized carbons (Fsp3) is 0.833. The zero-order valence-electron chi connectivity index (χ0n) is 11.5. The van der Waals surface area contributed by atoms with Crippen LogP contribution in [0.15, 0.2) is 0 Å². The molecule has 0 spiro atoms. The highest BCUT2D eigenvalue weighted by atomic mass is 16.4. The molecule has 17 heavy (non-hydrogen) atoms. The van der Waals surface area contributed by atoms with E-state index in [0.29, 0.717) is 0 Å². The van der Waals surface area contributed by atoms with Crippen molar-refractivity contribution in [1.29, 1.82) is 0 Å². The molecule has 100 valence electrons. The highest BCUT2D eigenvalue weighted by Gasteiger charge is 2.44. The van der Waals surface area contributed by atoms with Crippen LogP contribution in [-0.4, -0.2) is 28.1 Å². The van der Waals surface area contributed by atoms with Gasteiger partial charge < -0.3 is 16.2 Å². The number of hydrogen-bond acceptors (Lipinski definition) is 3. The van der Waals surface area contributed by atoms with Crippen molar-refractivity contribution in [1.82, 2.24) is 5.32 Å². The summed E-state index contributed by atoms with van der Waals surface area (Å²) in [6.45, 7) is 10.1. The van der Waals surface area contributed by atoms with Gasteiger partial charge in [0.2, 0.25) is 5.91 Å². The minimum atomic E-state index is -1.05. The van der Waals surface area contributed by atoms with Gasteiger partial charge in [-0.05, 0) is 41.5 Å². The average molecular weight is 244 g/mol. The van der Waals surface area contributed by atoms with Crippen LogP contribution in [-0.2, 0) is 9.59 Å². The van der Waals surface area contributed by atoms with Crippen molar-refractivity contribution in [2.24, 2.45) is 11.1 Å². The molecule has 5 nitrogen and oxygen atoms in total. The van der Waals surface area contributed by atoms with Crippen molar-refractivity contribution in [2.45, 2.75) is 59.0 Å². The molecule has 0 aromatic heterocycles. The summed E-state index contributed by atoms with van der Waals surface area (Å²) in [6.07, 6.45) is 0.159. The number of carbonyl (C=O) groups is 2. The quantitative estimate of drug-likeness (QED) is 0.675. The number of aliphatic carboxylic acids is 1. The van der Waals surface area contributed by atoms with E-state index >= 15 is 0 Å². The first kappa shape index (κ1) is 15.9. The van der Waals surface area contributed by atoms with Gasteiger partial charge in [-0.2, -0.15) is 0 Å². The fourth-order valence-corrected chi connectivity index (χ4v) is 1.23. The maximum absolute atomic E-state index is 11.8. The molecule has 0 bridgehead atoms. The molecule has 1 amide bonds. The van der Waals surface area contributed by atoms with Gasteiger partial charge in [-0.25, -0.2) is 0 Å². The molecule has 0 heterocycles. The molecule has 0 rings (SSSR count). The molecule has 0 saturated carbocycles. The minimum Gasteiger partial charge on any atom is -0.481 e. The first-order valence-electron chi connectivity index (χ1n) is 5.63. The molecule has 0 unspecified atom stereocenters. The van der Waals surface area contributed by atoms with Crippen molar-refractivity contribution in [3.05, 3.63) is 0 Å². The van der Waals surface area contributed by atoms with Gasteiger partial charge in [-0.15, -0.1) is 0 Å². The summed E-state index contributed by atoms with van der Waals surface area (Å²) in [5.41, 5.74) is 3.24. The molecule has 0 aromatic carbocycles. The van der Waals surface area contributed by atoms with E-state index in [0.717, 1.165) is 0 Å². The van der Waals surface area contributed by atoms with E-state index in [9.17, 15) is 9.59 Å². The monoisotopic (exact) mass is 244 g/mol. The molecule has 0 fully saturated rings. The number of nitrogens with one attached hydrogen (secondary N) is 1. The van der Waals surface area contributed by atoms with E-state index in [1.165, 1.54) is 0 Å². The normalized spacial score (nSPS) is 13.4. The maximum Gasteiger partial charge on any atom is 0.311 e. The third kappa shape index (κ3) is 4.34. The van der Waals surface area contributed by atoms with E-state index in [2.05, 4.69) is 5.32 Å². The largest absolute Gasteiger partial charge is 0.481 e. The summed E-state index contributed by atoms with van der Waals surface area (Å²) in [4.78, 5) is 22.9. The molecule has 0 atom stereocenters. The highest BCUT2D eigenvalue weighted by molar-refractivity contribution is 5.81. The number of carboxylic acid groups (broad SMARTS) is 1. The number of rotatable bonds is 5. The molecule has 4 N–H and O–H groups in total. The van der Waals surface area contributed by atoms with Crippen LogP contribution in [0.4, 0.5) is 0 Å². The Hall–Kier alpha value is -1.10. The molecular weight excluding hydrogens is 220 g/mol. The van der Waals surface area contributed by atoms with Gasteiger partial charge in [0.15, 0.2) is 0 Å². The molecule has 0 aliphatic heterocycles. The van der Waals surface area contributed by atoms with Crippen molar-refractivity contribution >= 4 is 11.9 Å². The Morgan fingerprint density at radius 1 is 1.12 bits per heavy atom. The Morgan fingerprint density at radius 3 is 1.82 bits per heavy atom. The van der Waals surface area contributed by atoms with Crippen molar-refractivity contribution in [3.8, 4) is 0 Å². The van der Waals surface area contributed by atoms with Crippen LogP contribution in [0, 0.1) is 5.41 Å². The van der Waals surface area contributed by atoms with Crippen LogP contribution in [0.3, 0.4) is 0 Å². The van der Waals surface area contributed by atoms with Gasteiger partial charge in [-0.3, -0.25) is 9.59 Å². The van der Waals surface area contributed by atoms with E-state index in [1.807, 2.05) is 0 Å². The molecular formula is C12H24N2O3. The third-order valence-corrected chi connectivity index (χ3v) is 3.17.